The Kier molecular flexibility index (Phi) is 7.06. The maximum atomic E-state index is 12.8. The molecule has 174 valence electrons. The highest BCUT2D eigenvalue weighted by atomic mass is 32.2. The number of aromatic nitrogens is 5. The van der Waals surface area contributed by atoms with Gasteiger partial charge >= 0.3 is 0 Å². The van der Waals surface area contributed by atoms with E-state index in [-0.39, 0.29) is 11.7 Å². The van der Waals surface area contributed by atoms with Gasteiger partial charge in [-0.1, -0.05) is 49.2 Å². The van der Waals surface area contributed by atoms with E-state index in [1.54, 1.807) is 6.20 Å². The summed E-state index contributed by atoms with van der Waals surface area (Å²) in [4.78, 5) is 15.2. The van der Waals surface area contributed by atoms with Crippen LogP contribution in [-0.4, -0.2) is 54.2 Å². The van der Waals surface area contributed by atoms with E-state index in [0.29, 0.717) is 6.04 Å². The number of para-hydroxylation sites is 1. The van der Waals surface area contributed by atoms with Crippen LogP contribution in [-0.2, 0) is 11.3 Å². The predicted molar refractivity (Wildman–Crippen MR) is 130 cm³/mol. The number of nitrogens with zero attached hydrogens (tertiary/aromatic N) is 6. The summed E-state index contributed by atoms with van der Waals surface area (Å²) in [5.41, 5.74) is 1.02. The van der Waals surface area contributed by atoms with Crippen LogP contribution in [0.25, 0.3) is 5.69 Å². The van der Waals surface area contributed by atoms with E-state index in [1.807, 2.05) is 28.9 Å². The molecule has 0 bridgehead atoms. The topological polar surface area (TPSA) is 80.9 Å². The highest BCUT2D eigenvalue weighted by Crippen LogP contribution is 2.31. The van der Waals surface area contributed by atoms with Crippen molar-refractivity contribution in [3.8, 4) is 5.69 Å². The van der Waals surface area contributed by atoms with Crippen LogP contribution in [0.1, 0.15) is 56.8 Å². The van der Waals surface area contributed by atoms with Crippen LogP contribution in [0.2, 0.25) is 0 Å². The van der Waals surface area contributed by atoms with Crippen LogP contribution in [0.4, 0.5) is 5.82 Å². The van der Waals surface area contributed by atoms with Gasteiger partial charge in [0.05, 0.1) is 24.5 Å². The fraction of sp³-hybridized carbons (Fsp3) is 0.500. The Hall–Kier alpha value is -2.65. The number of hydrogen-bond acceptors (Lipinski definition) is 6. The van der Waals surface area contributed by atoms with Gasteiger partial charge in [0.2, 0.25) is 5.91 Å². The molecule has 0 radical (unpaired) electrons. The van der Waals surface area contributed by atoms with Crippen molar-refractivity contribution < 1.29 is 4.79 Å². The minimum atomic E-state index is -0.0556. The second-order valence-corrected chi connectivity index (χ2v) is 9.79. The Morgan fingerprint density at radius 2 is 1.79 bits per heavy atom. The second kappa shape index (κ2) is 10.5. The summed E-state index contributed by atoms with van der Waals surface area (Å²) in [7, 11) is 0. The van der Waals surface area contributed by atoms with Gasteiger partial charge in [-0.05, 0) is 50.9 Å². The van der Waals surface area contributed by atoms with E-state index in [4.69, 9.17) is 0 Å². The molecule has 1 aliphatic carbocycles. The van der Waals surface area contributed by atoms with Crippen molar-refractivity contribution >= 4 is 23.5 Å². The number of benzene rings is 1. The highest BCUT2D eigenvalue weighted by molar-refractivity contribution is 7.99. The molecule has 0 atom stereocenters. The quantitative estimate of drug-likeness (QED) is 0.500. The van der Waals surface area contributed by atoms with Crippen LogP contribution < -0.4 is 5.32 Å². The second-order valence-electron chi connectivity index (χ2n) is 8.84. The highest BCUT2D eigenvalue weighted by Gasteiger charge is 2.22. The average Bonchev–Trinajstić information content (AvgIpc) is 3.60. The standard InChI is InChI=1S/C24H31N7OS/c32-23(26-21-13-14-25-31(21)20-11-5-6-12-20)18-33-24-28-27-22(17-29-15-7-2-8-16-29)30(24)19-9-3-1-4-10-19/h1,3-4,9-10,13-14,20H,2,5-8,11-12,15-18H2,(H,26,32). The first kappa shape index (κ1) is 22.2. The maximum absolute atomic E-state index is 12.8. The summed E-state index contributed by atoms with van der Waals surface area (Å²) in [6, 6.07) is 12.4. The minimum Gasteiger partial charge on any atom is -0.310 e. The first-order valence-electron chi connectivity index (χ1n) is 12.0. The van der Waals surface area contributed by atoms with E-state index in [0.717, 1.165) is 55.0 Å². The van der Waals surface area contributed by atoms with Gasteiger partial charge in [0.25, 0.3) is 0 Å². The van der Waals surface area contributed by atoms with E-state index < -0.39 is 0 Å². The zero-order valence-electron chi connectivity index (χ0n) is 18.9. The van der Waals surface area contributed by atoms with Crippen molar-refractivity contribution in [2.24, 2.45) is 0 Å². The lowest BCUT2D eigenvalue weighted by Crippen LogP contribution is -2.30. The van der Waals surface area contributed by atoms with Gasteiger partial charge in [-0.25, -0.2) is 4.68 Å². The number of anilines is 1. The molecule has 1 aromatic carbocycles. The summed E-state index contributed by atoms with van der Waals surface area (Å²) < 4.78 is 4.06. The van der Waals surface area contributed by atoms with Crippen LogP contribution >= 0.6 is 11.8 Å². The third kappa shape index (κ3) is 5.30. The van der Waals surface area contributed by atoms with Crippen molar-refractivity contribution in [3.05, 3.63) is 48.4 Å². The molecule has 3 heterocycles. The smallest absolute Gasteiger partial charge is 0.235 e. The minimum absolute atomic E-state index is 0.0556. The zero-order valence-corrected chi connectivity index (χ0v) is 19.7. The molecule has 9 heteroatoms. The Morgan fingerprint density at radius 1 is 1.00 bits per heavy atom. The van der Waals surface area contributed by atoms with E-state index in [2.05, 4.69) is 42.2 Å². The fourth-order valence-corrected chi connectivity index (χ4v) is 5.58. The molecule has 1 saturated carbocycles. The van der Waals surface area contributed by atoms with Gasteiger partial charge in [-0.2, -0.15) is 5.10 Å². The number of carbonyl (C=O) groups excluding carboxylic acids is 1. The van der Waals surface area contributed by atoms with Gasteiger partial charge in [-0.15, -0.1) is 10.2 Å². The summed E-state index contributed by atoms with van der Waals surface area (Å²) in [6.45, 7) is 2.97. The van der Waals surface area contributed by atoms with E-state index in [9.17, 15) is 4.79 Å². The van der Waals surface area contributed by atoms with Crippen molar-refractivity contribution in [3.63, 3.8) is 0 Å². The van der Waals surface area contributed by atoms with E-state index in [1.165, 1.54) is 43.9 Å². The number of amides is 1. The lowest BCUT2D eigenvalue weighted by molar-refractivity contribution is -0.113. The fourth-order valence-electron chi connectivity index (χ4n) is 4.81. The Labute approximate surface area is 198 Å². The third-order valence-corrected chi connectivity index (χ3v) is 7.40. The molecule has 1 amide bonds. The Balaban J connectivity index is 1.28. The van der Waals surface area contributed by atoms with Gasteiger partial charge in [-0.3, -0.25) is 14.3 Å². The van der Waals surface area contributed by atoms with Gasteiger partial charge in [0.15, 0.2) is 11.0 Å². The normalized spacial score (nSPS) is 17.5. The SMILES string of the molecule is O=C(CSc1nnc(CN2CCCCC2)n1-c1ccccc1)Nc1ccnn1C1CCCC1. The number of thioether (sulfide) groups is 1. The maximum Gasteiger partial charge on any atom is 0.235 e. The number of hydrogen-bond donors (Lipinski definition) is 1. The molecular formula is C24H31N7OS. The summed E-state index contributed by atoms with van der Waals surface area (Å²) in [5.74, 6) is 1.91. The molecule has 2 aromatic heterocycles. The number of rotatable bonds is 8. The molecule has 0 spiro atoms. The van der Waals surface area contributed by atoms with Crippen molar-refractivity contribution in [1.82, 2.24) is 29.4 Å². The largest absolute Gasteiger partial charge is 0.310 e. The third-order valence-electron chi connectivity index (χ3n) is 6.47. The molecule has 8 nitrogen and oxygen atoms in total. The molecule has 2 aliphatic rings. The Bertz CT molecular complexity index is 1050. The molecule has 0 unspecified atom stereocenters. The zero-order chi connectivity index (χ0) is 22.5. The predicted octanol–water partition coefficient (Wildman–Crippen LogP) is 4.30. The summed E-state index contributed by atoms with van der Waals surface area (Å²) >= 11 is 1.42. The molecule has 33 heavy (non-hydrogen) atoms. The van der Waals surface area contributed by atoms with Gasteiger partial charge in [0.1, 0.15) is 5.82 Å². The lowest BCUT2D eigenvalue weighted by Gasteiger charge is -2.26. The van der Waals surface area contributed by atoms with Gasteiger partial charge < -0.3 is 5.32 Å². The summed E-state index contributed by atoms with van der Waals surface area (Å²) in [5, 5.41) is 17.2. The van der Waals surface area contributed by atoms with Crippen molar-refractivity contribution in [2.45, 2.75) is 62.7 Å². The van der Waals surface area contributed by atoms with Crippen LogP contribution in [0.5, 0.6) is 0 Å². The number of likely N-dealkylation sites (tertiary alicyclic amines) is 1. The number of nitrogens with one attached hydrogen (secondary N) is 1. The van der Waals surface area contributed by atoms with Crippen molar-refractivity contribution in [1.29, 1.82) is 0 Å². The van der Waals surface area contributed by atoms with Crippen LogP contribution in [0.15, 0.2) is 47.8 Å². The monoisotopic (exact) mass is 465 g/mol. The first-order chi connectivity index (χ1) is 16.3. The summed E-state index contributed by atoms with van der Waals surface area (Å²) in [6.07, 6.45) is 10.2. The molecule has 5 rings (SSSR count). The molecular weight excluding hydrogens is 434 g/mol. The molecule has 2 fully saturated rings. The molecule has 1 aliphatic heterocycles. The first-order valence-corrected chi connectivity index (χ1v) is 12.9. The van der Waals surface area contributed by atoms with E-state index >= 15 is 0 Å². The van der Waals surface area contributed by atoms with Crippen molar-refractivity contribution in [2.75, 3.05) is 24.2 Å². The number of carbonyl (C=O) groups is 1. The van der Waals surface area contributed by atoms with Gasteiger partial charge in [0, 0.05) is 11.8 Å². The molecule has 1 N–H and O–H groups in total. The average molecular weight is 466 g/mol. The number of piperidine rings is 1. The van der Waals surface area contributed by atoms with Crippen LogP contribution in [0, 0.1) is 0 Å². The van der Waals surface area contributed by atoms with Crippen LogP contribution in [0.3, 0.4) is 0 Å². The Morgan fingerprint density at radius 3 is 2.58 bits per heavy atom. The lowest BCUT2D eigenvalue weighted by atomic mass is 10.1. The molecule has 3 aromatic rings. The molecule has 1 saturated heterocycles.